The van der Waals surface area contributed by atoms with Crippen LogP contribution in [0.4, 0.5) is 0 Å². The summed E-state index contributed by atoms with van der Waals surface area (Å²) in [6.07, 6.45) is 3.30. The first-order valence-corrected chi connectivity index (χ1v) is 12.8. The third-order valence-electron chi connectivity index (χ3n) is 9.10. The predicted octanol–water partition coefficient (Wildman–Crippen LogP) is -0.114. The summed E-state index contributed by atoms with van der Waals surface area (Å²) in [5, 5.41) is 34.3. The number of nitrogens with zero attached hydrogens (tertiary/aromatic N) is 1. The Morgan fingerprint density at radius 1 is 1.05 bits per heavy atom. The molecule has 0 spiro atoms. The Kier molecular flexibility index (Phi) is 6.12. The molecule has 5 rings (SSSR count). The first kappa shape index (κ1) is 25.7. The van der Waals surface area contributed by atoms with Crippen molar-refractivity contribution in [1.29, 1.82) is 0 Å². The van der Waals surface area contributed by atoms with Gasteiger partial charge in [-0.3, -0.25) is 28.9 Å². The first-order chi connectivity index (χ1) is 17.4. The highest BCUT2D eigenvalue weighted by Gasteiger charge is 2.72. The van der Waals surface area contributed by atoms with Crippen LogP contribution in [0.15, 0.2) is 12.1 Å². The second kappa shape index (κ2) is 8.82. The molecule has 10 nitrogen and oxygen atoms in total. The minimum atomic E-state index is -2.97. The molecule has 10 heteroatoms. The summed E-state index contributed by atoms with van der Waals surface area (Å²) in [7, 11) is 2.93. The fourth-order valence-corrected chi connectivity index (χ4v) is 7.35. The zero-order chi connectivity index (χ0) is 27.0. The number of primary amides is 1. The molecule has 0 heterocycles. The summed E-state index contributed by atoms with van der Waals surface area (Å²) in [6.45, 7) is 0. The summed E-state index contributed by atoms with van der Waals surface area (Å²) in [5.41, 5.74) is 3.42. The van der Waals surface area contributed by atoms with Crippen LogP contribution in [-0.2, 0) is 25.6 Å². The molecule has 3 fully saturated rings. The number of benzene rings is 1. The van der Waals surface area contributed by atoms with Gasteiger partial charge in [0.2, 0.25) is 5.91 Å². The molecule has 0 aromatic heterocycles. The van der Waals surface area contributed by atoms with E-state index in [1.165, 1.54) is 19.0 Å². The van der Waals surface area contributed by atoms with Gasteiger partial charge in [-0.15, -0.1) is 0 Å². The van der Waals surface area contributed by atoms with Crippen LogP contribution < -0.4 is 5.73 Å². The molecule has 1 aromatic rings. The van der Waals surface area contributed by atoms with Crippen LogP contribution in [0.2, 0.25) is 0 Å². The second-order valence-corrected chi connectivity index (χ2v) is 11.2. The Hall–Kier alpha value is -2.95. The molecule has 7 atom stereocenters. The molecule has 0 radical (unpaired) electrons. The normalized spacial score (nSPS) is 36.2. The zero-order valence-corrected chi connectivity index (χ0v) is 20.8. The summed E-state index contributed by atoms with van der Waals surface area (Å²) < 4.78 is 0. The molecule has 0 aliphatic heterocycles. The first-order valence-electron chi connectivity index (χ1n) is 12.8. The SMILES string of the molecule is CN(C)[C@H]1C(=O)C(C(N)=O)C(=O)[C@]2(O)C(=O)C3C(=O)c4c(ccc(C5CCCCC5)c4O)C[C@@H]3[C@@H](O)[C@H]12. The van der Waals surface area contributed by atoms with Gasteiger partial charge >= 0.3 is 0 Å². The summed E-state index contributed by atoms with van der Waals surface area (Å²) in [6, 6.07) is 2.16. The molecule has 1 amide bonds. The predicted molar refractivity (Wildman–Crippen MR) is 129 cm³/mol. The number of phenolic OH excluding ortho intramolecular Hbond substituents is 1. The van der Waals surface area contributed by atoms with E-state index in [-0.39, 0.29) is 23.7 Å². The lowest BCUT2D eigenvalue weighted by Gasteiger charge is -2.54. The van der Waals surface area contributed by atoms with E-state index in [1.54, 1.807) is 12.1 Å². The Balaban J connectivity index is 1.63. The molecule has 4 aliphatic carbocycles. The van der Waals surface area contributed by atoms with Crippen molar-refractivity contribution in [1.82, 2.24) is 4.90 Å². The number of likely N-dealkylation sites (N-methyl/N-ethyl adjacent to an activating group) is 1. The fourth-order valence-electron chi connectivity index (χ4n) is 7.35. The molecule has 4 aliphatic rings. The van der Waals surface area contributed by atoms with Crippen molar-refractivity contribution >= 4 is 29.0 Å². The van der Waals surface area contributed by atoms with Crippen molar-refractivity contribution in [3.8, 4) is 5.75 Å². The number of phenols is 1. The highest BCUT2D eigenvalue weighted by molar-refractivity contribution is 6.32. The summed E-state index contributed by atoms with van der Waals surface area (Å²) >= 11 is 0. The molecule has 3 saturated carbocycles. The van der Waals surface area contributed by atoms with Crippen molar-refractivity contribution < 1.29 is 39.3 Å². The molecule has 2 unspecified atom stereocenters. The third kappa shape index (κ3) is 3.45. The van der Waals surface area contributed by atoms with E-state index in [4.69, 9.17) is 5.73 Å². The molecule has 0 saturated heterocycles. The molecule has 0 bridgehead atoms. The number of rotatable bonds is 3. The number of aromatic hydroxyl groups is 1. The van der Waals surface area contributed by atoms with Crippen molar-refractivity contribution in [2.75, 3.05) is 14.1 Å². The molecular weight excluding hydrogens is 480 g/mol. The van der Waals surface area contributed by atoms with Gasteiger partial charge in [-0.05, 0) is 50.4 Å². The van der Waals surface area contributed by atoms with Gasteiger partial charge in [-0.25, -0.2) is 0 Å². The lowest BCUT2D eigenvalue weighted by molar-refractivity contribution is -0.195. The molecule has 198 valence electrons. The van der Waals surface area contributed by atoms with Gasteiger partial charge in [0, 0.05) is 5.92 Å². The fraction of sp³-hybridized carbons (Fsp3) is 0.593. The Morgan fingerprint density at radius 2 is 1.70 bits per heavy atom. The zero-order valence-electron chi connectivity index (χ0n) is 20.8. The van der Waals surface area contributed by atoms with E-state index in [9.17, 15) is 39.3 Å². The number of hydrogen-bond acceptors (Lipinski definition) is 9. The van der Waals surface area contributed by atoms with E-state index in [0.717, 1.165) is 32.1 Å². The van der Waals surface area contributed by atoms with Gasteiger partial charge < -0.3 is 21.1 Å². The molecular formula is C27H32N2O8. The smallest absolute Gasteiger partial charge is 0.235 e. The number of nitrogens with two attached hydrogens (primary N) is 1. The Bertz CT molecular complexity index is 1220. The maximum Gasteiger partial charge on any atom is 0.235 e. The average molecular weight is 513 g/mol. The van der Waals surface area contributed by atoms with Gasteiger partial charge in [-0.2, -0.15) is 0 Å². The number of ketones is 4. The maximum absolute atomic E-state index is 13.9. The van der Waals surface area contributed by atoms with Crippen LogP contribution in [0.3, 0.4) is 0 Å². The van der Waals surface area contributed by atoms with Gasteiger partial charge in [0.05, 0.1) is 29.5 Å². The van der Waals surface area contributed by atoms with E-state index >= 15 is 0 Å². The monoisotopic (exact) mass is 512 g/mol. The molecule has 37 heavy (non-hydrogen) atoms. The number of carbonyl (C=O) groups is 5. The quantitative estimate of drug-likeness (QED) is 0.403. The van der Waals surface area contributed by atoms with Crippen molar-refractivity contribution in [3.05, 3.63) is 28.8 Å². The van der Waals surface area contributed by atoms with Crippen LogP contribution in [-0.4, -0.2) is 81.1 Å². The number of carbonyl (C=O) groups excluding carboxylic acids is 5. The van der Waals surface area contributed by atoms with Crippen LogP contribution in [0.5, 0.6) is 5.75 Å². The average Bonchev–Trinajstić information content (AvgIpc) is 2.84. The topological polar surface area (TPSA) is 175 Å². The number of fused-ring (bicyclic) bond motifs is 3. The van der Waals surface area contributed by atoms with Gasteiger partial charge in [0.25, 0.3) is 0 Å². The number of aliphatic hydroxyl groups is 2. The van der Waals surface area contributed by atoms with Gasteiger partial charge in [0.1, 0.15) is 5.75 Å². The van der Waals surface area contributed by atoms with E-state index in [2.05, 4.69) is 0 Å². The summed E-state index contributed by atoms with van der Waals surface area (Å²) in [5.74, 6) is -12.0. The number of aliphatic hydroxyl groups excluding tert-OH is 1. The highest BCUT2D eigenvalue weighted by atomic mass is 16.3. The van der Waals surface area contributed by atoms with Crippen molar-refractivity contribution in [2.45, 2.75) is 62.2 Å². The molecule has 5 N–H and O–H groups in total. The lowest BCUT2D eigenvalue weighted by atomic mass is 9.51. The van der Waals surface area contributed by atoms with Crippen molar-refractivity contribution in [2.24, 2.45) is 29.4 Å². The number of hydrogen-bond donors (Lipinski definition) is 4. The number of Topliss-reactive ketones (excluding diaryl/α,β-unsaturated/α-hetero) is 4. The van der Waals surface area contributed by atoms with Crippen LogP contribution in [0.1, 0.15) is 59.5 Å². The van der Waals surface area contributed by atoms with Crippen LogP contribution >= 0.6 is 0 Å². The Labute approximate surface area is 213 Å². The van der Waals surface area contributed by atoms with Gasteiger partial charge in [-0.1, -0.05) is 31.4 Å². The minimum Gasteiger partial charge on any atom is -0.507 e. The van der Waals surface area contributed by atoms with E-state index < -0.39 is 70.5 Å². The lowest BCUT2D eigenvalue weighted by Crippen LogP contribution is -2.77. The summed E-state index contributed by atoms with van der Waals surface area (Å²) in [4.78, 5) is 67.5. The standard InChI is InChI=1S/C27H32N2O8/c1-29(2)19-18-21(31)14-10-12-8-9-13(11-6-4-3-5-7-11)20(30)15(12)22(32)16(14)24(34)27(18,37)25(35)17(23(19)33)26(28)36/h8-9,11,14,16-19,21,30-31,37H,3-7,10H2,1-2H3,(H2,28,36)/t14-,16?,17?,18-,19+,21+,27+/m0/s1. The van der Waals surface area contributed by atoms with Gasteiger partial charge in [0.15, 0.2) is 34.7 Å². The van der Waals surface area contributed by atoms with Crippen molar-refractivity contribution in [3.63, 3.8) is 0 Å². The Morgan fingerprint density at radius 3 is 2.30 bits per heavy atom. The largest absolute Gasteiger partial charge is 0.507 e. The van der Waals surface area contributed by atoms with E-state index in [1.807, 2.05) is 0 Å². The number of amides is 1. The van der Waals surface area contributed by atoms with E-state index in [0.29, 0.717) is 11.1 Å². The second-order valence-electron chi connectivity index (χ2n) is 11.2. The van der Waals surface area contributed by atoms with Crippen LogP contribution in [0, 0.1) is 23.7 Å². The molecule has 1 aromatic carbocycles. The highest BCUT2D eigenvalue weighted by Crippen LogP contribution is 2.51. The minimum absolute atomic E-state index is 0.0260. The third-order valence-corrected chi connectivity index (χ3v) is 9.10. The van der Waals surface area contributed by atoms with Crippen LogP contribution in [0.25, 0.3) is 0 Å². The maximum atomic E-state index is 13.9.